The maximum Gasteiger partial charge on any atom is 0.274 e. The van der Waals surface area contributed by atoms with Crippen LogP contribution in [0.1, 0.15) is 21.6 Å². The fraction of sp³-hybridized carbons (Fsp3) is 0.167. The summed E-state index contributed by atoms with van der Waals surface area (Å²) in [5.74, 6) is -0.0484. The molecule has 0 radical (unpaired) electrons. The van der Waals surface area contributed by atoms with Crippen molar-refractivity contribution in [3.8, 4) is 0 Å². The Morgan fingerprint density at radius 3 is 2.64 bits per heavy atom. The van der Waals surface area contributed by atoms with Gasteiger partial charge in [-0.25, -0.2) is 0 Å². The third-order valence-electron chi connectivity index (χ3n) is 4.13. The van der Waals surface area contributed by atoms with E-state index in [0.717, 1.165) is 23.9 Å². The van der Waals surface area contributed by atoms with Crippen molar-refractivity contribution in [2.75, 3.05) is 6.54 Å². The SMILES string of the molecule is O=C(c1cc2ccccc2nn1)N1CCc2ccccc2C1. The molecule has 1 aliphatic heterocycles. The number of carbonyl (C=O) groups is 1. The van der Waals surface area contributed by atoms with Crippen LogP contribution in [-0.2, 0) is 13.0 Å². The predicted octanol–water partition coefficient (Wildman–Crippen LogP) is 2.83. The van der Waals surface area contributed by atoms with E-state index in [-0.39, 0.29) is 5.91 Å². The van der Waals surface area contributed by atoms with Crippen LogP contribution in [0.3, 0.4) is 0 Å². The highest BCUT2D eigenvalue weighted by molar-refractivity contribution is 5.95. The maximum absolute atomic E-state index is 12.7. The topological polar surface area (TPSA) is 46.1 Å². The van der Waals surface area contributed by atoms with Gasteiger partial charge in [0.25, 0.3) is 5.91 Å². The van der Waals surface area contributed by atoms with Gasteiger partial charge in [-0.3, -0.25) is 4.79 Å². The average molecular weight is 289 g/mol. The average Bonchev–Trinajstić information content (AvgIpc) is 2.60. The molecule has 2 aromatic carbocycles. The summed E-state index contributed by atoms with van der Waals surface area (Å²) in [6.07, 6.45) is 0.892. The summed E-state index contributed by atoms with van der Waals surface area (Å²) in [5.41, 5.74) is 3.77. The van der Waals surface area contributed by atoms with Crippen LogP contribution < -0.4 is 0 Å². The lowest BCUT2D eigenvalue weighted by Crippen LogP contribution is -2.36. The third-order valence-corrected chi connectivity index (χ3v) is 4.13. The standard InChI is InChI=1S/C18H15N3O/c22-18(17-11-14-6-3-4-8-16(14)19-20-17)21-10-9-13-5-1-2-7-15(13)12-21/h1-8,11H,9-10,12H2. The molecular weight excluding hydrogens is 274 g/mol. The van der Waals surface area contributed by atoms with Crippen LogP contribution in [0.4, 0.5) is 0 Å². The molecule has 1 aliphatic rings. The Hall–Kier alpha value is -2.75. The lowest BCUT2D eigenvalue weighted by molar-refractivity contribution is 0.0728. The molecule has 4 nitrogen and oxygen atoms in total. The van der Waals surface area contributed by atoms with E-state index in [0.29, 0.717) is 12.2 Å². The molecule has 0 fully saturated rings. The second-order valence-corrected chi connectivity index (χ2v) is 5.53. The molecule has 1 aromatic heterocycles. The van der Waals surface area contributed by atoms with Gasteiger partial charge >= 0.3 is 0 Å². The van der Waals surface area contributed by atoms with Gasteiger partial charge in [-0.1, -0.05) is 42.5 Å². The van der Waals surface area contributed by atoms with Gasteiger partial charge in [-0.15, -0.1) is 10.2 Å². The minimum absolute atomic E-state index is 0.0484. The van der Waals surface area contributed by atoms with Crippen LogP contribution in [0.5, 0.6) is 0 Å². The Labute approximate surface area is 128 Å². The van der Waals surface area contributed by atoms with Gasteiger partial charge in [0, 0.05) is 18.5 Å². The Kier molecular flexibility index (Phi) is 3.07. The van der Waals surface area contributed by atoms with Crippen LogP contribution in [0.15, 0.2) is 54.6 Å². The van der Waals surface area contributed by atoms with E-state index in [4.69, 9.17) is 0 Å². The van der Waals surface area contributed by atoms with E-state index >= 15 is 0 Å². The van der Waals surface area contributed by atoms with Crippen molar-refractivity contribution in [3.05, 3.63) is 71.4 Å². The largest absolute Gasteiger partial charge is 0.333 e. The van der Waals surface area contributed by atoms with Gasteiger partial charge in [0.05, 0.1) is 5.52 Å². The molecular formula is C18H15N3O. The number of hydrogen-bond acceptors (Lipinski definition) is 3. The molecule has 0 bridgehead atoms. The number of carbonyl (C=O) groups excluding carboxylic acids is 1. The molecule has 0 atom stereocenters. The van der Waals surface area contributed by atoms with E-state index in [1.54, 1.807) is 0 Å². The van der Waals surface area contributed by atoms with E-state index in [1.807, 2.05) is 47.4 Å². The lowest BCUT2D eigenvalue weighted by atomic mass is 10.00. The molecule has 4 heteroatoms. The summed E-state index contributed by atoms with van der Waals surface area (Å²) in [4.78, 5) is 14.5. The summed E-state index contributed by atoms with van der Waals surface area (Å²) < 4.78 is 0. The molecule has 1 amide bonds. The first kappa shape index (κ1) is 13.0. The molecule has 0 N–H and O–H groups in total. The van der Waals surface area contributed by atoms with Crippen LogP contribution in [0.25, 0.3) is 10.9 Å². The first-order chi connectivity index (χ1) is 10.8. The smallest absolute Gasteiger partial charge is 0.274 e. The zero-order valence-corrected chi connectivity index (χ0v) is 12.1. The Morgan fingerprint density at radius 1 is 0.955 bits per heavy atom. The van der Waals surface area contributed by atoms with Gasteiger partial charge in [-0.05, 0) is 29.7 Å². The minimum atomic E-state index is -0.0484. The number of fused-ring (bicyclic) bond motifs is 2. The van der Waals surface area contributed by atoms with E-state index in [2.05, 4.69) is 22.3 Å². The second-order valence-electron chi connectivity index (χ2n) is 5.53. The van der Waals surface area contributed by atoms with E-state index < -0.39 is 0 Å². The van der Waals surface area contributed by atoms with Crippen LogP contribution in [0, 0.1) is 0 Å². The van der Waals surface area contributed by atoms with Crippen molar-refractivity contribution < 1.29 is 4.79 Å². The summed E-state index contributed by atoms with van der Waals surface area (Å²) in [5, 5.41) is 9.18. The molecule has 108 valence electrons. The lowest BCUT2D eigenvalue weighted by Gasteiger charge is -2.28. The van der Waals surface area contributed by atoms with Gasteiger partial charge in [-0.2, -0.15) is 0 Å². The Morgan fingerprint density at radius 2 is 1.73 bits per heavy atom. The molecule has 4 rings (SSSR count). The fourth-order valence-corrected chi connectivity index (χ4v) is 2.92. The quantitative estimate of drug-likeness (QED) is 0.692. The normalized spacial score (nSPS) is 13.9. The zero-order chi connectivity index (χ0) is 14.9. The molecule has 0 saturated carbocycles. The highest BCUT2D eigenvalue weighted by Crippen LogP contribution is 2.20. The highest BCUT2D eigenvalue weighted by atomic mass is 16.2. The number of aromatic nitrogens is 2. The summed E-state index contributed by atoms with van der Waals surface area (Å²) in [7, 11) is 0. The van der Waals surface area contributed by atoms with Crippen molar-refractivity contribution in [3.63, 3.8) is 0 Å². The molecule has 0 unspecified atom stereocenters. The van der Waals surface area contributed by atoms with Gasteiger partial charge in [0.1, 0.15) is 0 Å². The number of hydrogen-bond donors (Lipinski definition) is 0. The third kappa shape index (κ3) is 2.22. The van der Waals surface area contributed by atoms with Crippen molar-refractivity contribution >= 4 is 16.8 Å². The number of amides is 1. The molecule has 3 aromatic rings. The number of rotatable bonds is 1. The van der Waals surface area contributed by atoms with Crippen molar-refractivity contribution in [1.82, 2.24) is 15.1 Å². The van der Waals surface area contributed by atoms with Crippen LogP contribution in [0.2, 0.25) is 0 Å². The molecule has 22 heavy (non-hydrogen) atoms. The zero-order valence-electron chi connectivity index (χ0n) is 12.1. The van der Waals surface area contributed by atoms with Gasteiger partial charge in [0.15, 0.2) is 5.69 Å². The first-order valence-electron chi connectivity index (χ1n) is 7.40. The van der Waals surface area contributed by atoms with Crippen molar-refractivity contribution in [2.45, 2.75) is 13.0 Å². The number of benzene rings is 2. The summed E-state index contributed by atoms with van der Waals surface area (Å²) in [6, 6.07) is 17.8. The molecule has 2 heterocycles. The molecule has 0 spiro atoms. The van der Waals surface area contributed by atoms with Crippen molar-refractivity contribution in [1.29, 1.82) is 0 Å². The predicted molar refractivity (Wildman–Crippen MR) is 84.4 cm³/mol. The van der Waals surface area contributed by atoms with E-state index in [9.17, 15) is 4.79 Å². The second kappa shape index (κ2) is 5.22. The highest BCUT2D eigenvalue weighted by Gasteiger charge is 2.22. The van der Waals surface area contributed by atoms with Crippen molar-refractivity contribution in [2.24, 2.45) is 0 Å². The first-order valence-corrected chi connectivity index (χ1v) is 7.40. The fourth-order valence-electron chi connectivity index (χ4n) is 2.92. The van der Waals surface area contributed by atoms with Gasteiger partial charge < -0.3 is 4.90 Å². The Balaban J connectivity index is 1.64. The summed E-state index contributed by atoms with van der Waals surface area (Å²) in [6.45, 7) is 1.37. The van der Waals surface area contributed by atoms with Crippen LogP contribution >= 0.6 is 0 Å². The molecule has 0 aliphatic carbocycles. The van der Waals surface area contributed by atoms with E-state index in [1.165, 1.54) is 11.1 Å². The minimum Gasteiger partial charge on any atom is -0.333 e. The molecule has 0 saturated heterocycles. The number of nitrogens with zero attached hydrogens (tertiary/aromatic N) is 3. The maximum atomic E-state index is 12.7. The van der Waals surface area contributed by atoms with Crippen LogP contribution in [-0.4, -0.2) is 27.5 Å². The Bertz CT molecular complexity index is 860. The van der Waals surface area contributed by atoms with Gasteiger partial charge in [0.2, 0.25) is 0 Å². The summed E-state index contributed by atoms with van der Waals surface area (Å²) >= 11 is 0. The monoisotopic (exact) mass is 289 g/mol.